The normalized spacial score (nSPS) is 21.6. The maximum absolute atomic E-state index is 12.4. The van der Waals surface area contributed by atoms with Crippen LogP contribution < -0.4 is 5.32 Å². The molecule has 1 saturated heterocycles. The number of hydrogen-bond acceptors (Lipinski definition) is 8. The molecule has 6 N–H and O–H groups in total. The van der Waals surface area contributed by atoms with Crippen LogP contribution in [-0.4, -0.2) is 87.5 Å². The lowest BCUT2D eigenvalue weighted by Gasteiger charge is -2.40. The average Bonchev–Trinajstić information content (AvgIpc) is 3.17. The monoisotopic (exact) mass is 768 g/mol. The van der Waals surface area contributed by atoms with Gasteiger partial charge in [0, 0.05) is 6.42 Å². The lowest BCUT2D eigenvalue weighted by molar-refractivity contribution is -0.302. The molecule has 1 amide bonds. The van der Waals surface area contributed by atoms with Crippen LogP contribution in [-0.2, 0) is 14.3 Å². The highest BCUT2D eigenvalue weighted by Gasteiger charge is 2.44. The number of hydrogen-bond donors (Lipinski definition) is 6. The van der Waals surface area contributed by atoms with Gasteiger partial charge in [0.05, 0.1) is 25.4 Å². The summed E-state index contributed by atoms with van der Waals surface area (Å²) < 4.78 is 11.0. The lowest BCUT2D eigenvalue weighted by Crippen LogP contribution is -2.60. The van der Waals surface area contributed by atoms with Gasteiger partial charge in [-0.2, -0.15) is 0 Å². The van der Waals surface area contributed by atoms with E-state index in [9.17, 15) is 30.3 Å². The van der Waals surface area contributed by atoms with Crippen molar-refractivity contribution >= 4 is 5.91 Å². The first-order valence-corrected chi connectivity index (χ1v) is 22.6. The van der Waals surface area contributed by atoms with E-state index >= 15 is 0 Å². The van der Waals surface area contributed by atoms with Crippen LogP contribution in [0, 0.1) is 0 Å². The predicted molar refractivity (Wildman–Crippen MR) is 221 cm³/mol. The summed E-state index contributed by atoms with van der Waals surface area (Å²) in [5.41, 5.74) is 0. The van der Waals surface area contributed by atoms with Crippen molar-refractivity contribution < 1.29 is 39.8 Å². The Labute approximate surface area is 330 Å². The fourth-order valence-electron chi connectivity index (χ4n) is 7.09. The second-order valence-electron chi connectivity index (χ2n) is 15.8. The molecule has 0 aromatic heterocycles. The molecule has 1 rings (SSSR count). The van der Waals surface area contributed by atoms with Gasteiger partial charge < -0.3 is 40.3 Å². The number of carbonyl (C=O) groups excluding carboxylic acids is 1. The van der Waals surface area contributed by atoms with Gasteiger partial charge in [-0.25, -0.2) is 0 Å². The van der Waals surface area contributed by atoms with Crippen molar-refractivity contribution in [3.05, 3.63) is 24.3 Å². The molecule has 0 aliphatic carbocycles. The summed E-state index contributed by atoms with van der Waals surface area (Å²) in [6.07, 6.45) is 36.7. The van der Waals surface area contributed by atoms with Gasteiger partial charge in [0.1, 0.15) is 24.4 Å². The summed E-state index contributed by atoms with van der Waals surface area (Å²) in [7, 11) is 0. The van der Waals surface area contributed by atoms with Crippen molar-refractivity contribution in [1.29, 1.82) is 0 Å². The molecule has 0 spiro atoms. The molecule has 9 heteroatoms. The Kier molecular flexibility index (Phi) is 33.8. The van der Waals surface area contributed by atoms with Crippen LogP contribution in [0.5, 0.6) is 0 Å². The van der Waals surface area contributed by atoms with Gasteiger partial charge in [0.2, 0.25) is 5.91 Å². The van der Waals surface area contributed by atoms with E-state index in [2.05, 4.69) is 24.4 Å². The molecule has 0 aromatic rings. The smallest absolute Gasteiger partial charge is 0.220 e. The summed E-state index contributed by atoms with van der Waals surface area (Å²) in [6, 6.07) is -0.813. The summed E-state index contributed by atoms with van der Waals surface area (Å²) in [5.74, 6) is -0.222. The molecule has 0 radical (unpaired) electrons. The number of rotatable bonds is 37. The largest absolute Gasteiger partial charge is 0.394 e. The van der Waals surface area contributed by atoms with Crippen LogP contribution in [0.1, 0.15) is 200 Å². The maximum atomic E-state index is 12.4. The Hall–Kier alpha value is -1.33. The van der Waals surface area contributed by atoms with E-state index in [0.29, 0.717) is 12.8 Å². The molecule has 1 aliphatic rings. The summed E-state index contributed by atoms with van der Waals surface area (Å²) in [4.78, 5) is 12.4. The second kappa shape index (κ2) is 36.0. The standard InChI is InChI=1S/C45H85NO8/c1-3-5-7-8-9-10-11-12-13-14-15-16-17-18-19-20-21-22-23-24-25-26-27-28-29-30-31-32-33-34-39(48)38(46-41(49)35-6-4-2)37-53-45-44(52)43(51)42(50)40(36-47)54-45/h29-30,33-34,38-40,42-45,47-48,50-52H,3-28,31-32,35-37H2,1-2H3,(H,46,49)/b30-29+,34-33+. The summed E-state index contributed by atoms with van der Waals surface area (Å²) >= 11 is 0. The third-order valence-electron chi connectivity index (χ3n) is 10.8. The van der Waals surface area contributed by atoms with Gasteiger partial charge in [-0.15, -0.1) is 0 Å². The Balaban J connectivity index is 2.06. The molecular formula is C45H85NO8. The molecule has 7 atom stereocenters. The van der Waals surface area contributed by atoms with E-state index in [0.717, 1.165) is 25.7 Å². The van der Waals surface area contributed by atoms with Crippen LogP contribution in [0.2, 0.25) is 0 Å². The maximum Gasteiger partial charge on any atom is 0.220 e. The molecule has 318 valence electrons. The van der Waals surface area contributed by atoms with Gasteiger partial charge in [0.15, 0.2) is 6.29 Å². The third-order valence-corrected chi connectivity index (χ3v) is 10.8. The van der Waals surface area contributed by atoms with E-state index in [-0.39, 0.29) is 12.5 Å². The zero-order valence-corrected chi connectivity index (χ0v) is 34.7. The van der Waals surface area contributed by atoms with Crippen molar-refractivity contribution in [2.75, 3.05) is 13.2 Å². The van der Waals surface area contributed by atoms with E-state index in [1.807, 2.05) is 13.0 Å². The Bertz CT molecular complexity index is 899. The van der Waals surface area contributed by atoms with Crippen LogP contribution in [0.4, 0.5) is 0 Å². The number of allylic oxidation sites excluding steroid dienone is 3. The minimum Gasteiger partial charge on any atom is -0.394 e. The molecule has 9 nitrogen and oxygen atoms in total. The van der Waals surface area contributed by atoms with E-state index in [1.165, 1.54) is 148 Å². The quantitative estimate of drug-likeness (QED) is 0.0271. The number of carbonyl (C=O) groups is 1. The molecule has 1 heterocycles. The van der Waals surface area contributed by atoms with Crippen LogP contribution in [0.25, 0.3) is 0 Å². The molecule has 54 heavy (non-hydrogen) atoms. The van der Waals surface area contributed by atoms with Gasteiger partial charge in [-0.05, 0) is 32.1 Å². The van der Waals surface area contributed by atoms with Crippen molar-refractivity contribution in [1.82, 2.24) is 5.32 Å². The molecule has 7 unspecified atom stereocenters. The first kappa shape index (κ1) is 50.7. The minimum atomic E-state index is -1.57. The highest BCUT2D eigenvalue weighted by atomic mass is 16.7. The molecule has 1 fully saturated rings. The lowest BCUT2D eigenvalue weighted by atomic mass is 9.99. The van der Waals surface area contributed by atoms with Crippen molar-refractivity contribution in [2.45, 2.75) is 243 Å². The van der Waals surface area contributed by atoms with Crippen LogP contribution in [0.15, 0.2) is 24.3 Å². The third kappa shape index (κ3) is 26.5. The van der Waals surface area contributed by atoms with Crippen LogP contribution >= 0.6 is 0 Å². The predicted octanol–water partition coefficient (Wildman–Crippen LogP) is 9.11. The fourth-order valence-corrected chi connectivity index (χ4v) is 7.09. The SMILES string of the molecule is CCCCCCCCCCCCCCCCCCCCCCCCC/C=C/CC/C=C/C(O)C(COC1OC(CO)C(O)C(O)C1O)NC(=O)CCCC. The molecule has 0 saturated carbocycles. The number of aliphatic hydroxyl groups excluding tert-OH is 5. The molecule has 0 aromatic carbocycles. The fraction of sp³-hybridized carbons (Fsp3) is 0.889. The number of unbranched alkanes of at least 4 members (excludes halogenated alkanes) is 25. The first-order chi connectivity index (χ1) is 26.3. The Morgan fingerprint density at radius 1 is 0.611 bits per heavy atom. The summed E-state index contributed by atoms with van der Waals surface area (Å²) in [6.45, 7) is 3.51. The van der Waals surface area contributed by atoms with E-state index < -0.39 is 49.5 Å². The van der Waals surface area contributed by atoms with E-state index in [4.69, 9.17) is 9.47 Å². The van der Waals surface area contributed by atoms with Crippen molar-refractivity contribution in [3.8, 4) is 0 Å². The van der Waals surface area contributed by atoms with Crippen molar-refractivity contribution in [3.63, 3.8) is 0 Å². The second-order valence-corrected chi connectivity index (χ2v) is 15.8. The highest BCUT2D eigenvalue weighted by Crippen LogP contribution is 2.22. The van der Waals surface area contributed by atoms with E-state index in [1.54, 1.807) is 6.08 Å². The molecular weight excluding hydrogens is 682 g/mol. The molecule has 0 bridgehead atoms. The van der Waals surface area contributed by atoms with Gasteiger partial charge >= 0.3 is 0 Å². The van der Waals surface area contributed by atoms with Crippen molar-refractivity contribution in [2.24, 2.45) is 0 Å². The topological polar surface area (TPSA) is 149 Å². The summed E-state index contributed by atoms with van der Waals surface area (Å²) in [5, 5.41) is 53.4. The minimum absolute atomic E-state index is 0.203. The first-order valence-electron chi connectivity index (χ1n) is 22.6. The number of ether oxygens (including phenoxy) is 2. The Morgan fingerprint density at radius 2 is 1.06 bits per heavy atom. The molecule has 1 aliphatic heterocycles. The number of nitrogens with one attached hydrogen (secondary N) is 1. The van der Waals surface area contributed by atoms with Gasteiger partial charge in [-0.3, -0.25) is 4.79 Å². The average molecular weight is 768 g/mol. The van der Waals surface area contributed by atoms with Gasteiger partial charge in [-0.1, -0.05) is 186 Å². The van der Waals surface area contributed by atoms with Gasteiger partial charge in [0.25, 0.3) is 0 Å². The zero-order valence-electron chi connectivity index (χ0n) is 34.7. The number of amides is 1. The zero-order chi connectivity index (χ0) is 39.5. The Morgan fingerprint density at radius 3 is 1.54 bits per heavy atom. The highest BCUT2D eigenvalue weighted by molar-refractivity contribution is 5.76. The number of aliphatic hydroxyl groups is 5. The van der Waals surface area contributed by atoms with Crippen LogP contribution in [0.3, 0.4) is 0 Å².